The molecule has 0 aromatic heterocycles. The van der Waals surface area contributed by atoms with Gasteiger partial charge in [-0.05, 0) is 24.7 Å². The average Bonchev–Trinajstić information content (AvgIpc) is 1.93. The van der Waals surface area contributed by atoms with Crippen LogP contribution in [-0.2, 0) is 4.79 Å². The second kappa shape index (κ2) is 5.79. The lowest BCUT2D eigenvalue weighted by atomic mass is 9.90. The molecule has 0 atom stereocenters. The average molecular weight is 184 g/mol. The van der Waals surface area contributed by atoms with Gasteiger partial charge in [0.2, 0.25) is 0 Å². The van der Waals surface area contributed by atoms with Crippen molar-refractivity contribution in [1.82, 2.24) is 0 Å². The van der Waals surface area contributed by atoms with E-state index in [4.69, 9.17) is 5.11 Å². The van der Waals surface area contributed by atoms with Crippen LogP contribution in [0.15, 0.2) is 12.2 Å². The van der Waals surface area contributed by atoms with Gasteiger partial charge in [-0.2, -0.15) is 0 Å². The summed E-state index contributed by atoms with van der Waals surface area (Å²) in [5, 5.41) is 8.35. The predicted molar refractivity (Wildman–Crippen MR) is 54.7 cm³/mol. The molecule has 0 aliphatic heterocycles. The van der Waals surface area contributed by atoms with Crippen molar-refractivity contribution in [3.8, 4) is 0 Å². The van der Waals surface area contributed by atoms with Crippen LogP contribution in [-0.4, -0.2) is 11.1 Å². The number of hydrogen-bond acceptors (Lipinski definition) is 1. The van der Waals surface area contributed by atoms with E-state index in [0.717, 1.165) is 12.8 Å². The highest BCUT2D eigenvalue weighted by atomic mass is 16.4. The highest BCUT2D eigenvalue weighted by Gasteiger charge is 2.07. The zero-order valence-electron chi connectivity index (χ0n) is 8.84. The van der Waals surface area contributed by atoms with Crippen molar-refractivity contribution >= 4 is 5.97 Å². The molecule has 0 heterocycles. The van der Waals surface area contributed by atoms with E-state index in [1.807, 2.05) is 6.08 Å². The molecule has 0 aliphatic carbocycles. The molecule has 0 unspecified atom stereocenters. The molecule has 0 bridgehead atoms. The lowest BCUT2D eigenvalue weighted by molar-refractivity contribution is -0.136. The molecule has 0 aromatic carbocycles. The summed E-state index contributed by atoms with van der Waals surface area (Å²) < 4.78 is 0. The predicted octanol–water partition coefficient (Wildman–Crippen LogP) is 3.23. The van der Waals surface area contributed by atoms with Crippen LogP contribution < -0.4 is 0 Å². The van der Waals surface area contributed by atoms with Crippen LogP contribution in [0.2, 0.25) is 0 Å². The summed E-state index contributed by atoms with van der Waals surface area (Å²) in [5.41, 5.74) is 0.390. The summed E-state index contributed by atoms with van der Waals surface area (Å²) in [5.74, 6) is -0.757. The SMILES string of the molecule is CC(C)(C)CCC/C=C/CC(=O)O. The first-order valence-electron chi connectivity index (χ1n) is 4.78. The molecule has 13 heavy (non-hydrogen) atoms. The van der Waals surface area contributed by atoms with Gasteiger partial charge in [0.05, 0.1) is 6.42 Å². The van der Waals surface area contributed by atoms with E-state index in [0.29, 0.717) is 5.41 Å². The quantitative estimate of drug-likeness (QED) is 0.526. The third kappa shape index (κ3) is 11.2. The minimum Gasteiger partial charge on any atom is -0.481 e. The van der Waals surface area contributed by atoms with Crippen molar-refractivity contribution in [3.05, 3.63) is 12.2 Å². The summed E-state index contributed by atoms with van der Waals surface area (Å²) in [7, 11) is 0. The molecule has 0 radical (unpaired) electrons. The van der Waals surface area contributed by atoms with E-state index in [2.05, 4.69) is 20.8 Å². The minimum atomic E-state index is -0.757. The Balaban J connectivity index is 3.36. The van der Waals surface area contributed by atoms with Crippen LogP contribution in [0, 0.1) is 5.41 Å². The summed E-state index contributed by atoms with van der Waals surface area (Å²) in [6, 6.07) is 0. The molecule has 0 rings (SSSR count). The standard InChI is InChI=1S/C11H20O2/c1-11(2,3)9-7-5-4-6-8-10(12)13/h4,6H,5,7-9H2,1-3H3,(H,12,13)/b6-4+. The van der Waals surface area contributed by atoms with Gasteiger partial charge in [0, 0.05) is 0 Å². The van der Waals surface area contributed by atoms with E-state index in [1.165, 1.54) is 6.42 Å². The van der Waals surface area contributed by atoms with Crippen molar-refractivity contribution in [2.45, 2.75) is 46.5 Å². The molecule has 0 aliphatic rings. The fraction of sp³-hybridized carbons (Fsp3) is 0.727. The monoisotopic (exact) mass is 184 g/mol. The number of rotatable bonds is 5. The Morgan fingerprint density at radius 2 is 1.92 bits per heavy atom. The van der Waals surface area contributed by atoms with E-state index < -0.39 is 5.97 Å². The van der Waals surface area contributed by atoms with Gasteiger partial charge in [-0.15, -0.1) is 0 Å². The summed E-state index contributed by atoms with van der Waals surface area (Å²) in [6.45, 7) is 6.65. The Hall–Kier alpha value is -0.790. The van der Waals surface area contributed by atoms with E-state index >= 15 is 0 Å². The second-order valence-corrected chi connectivity index (χ2v) is 4.52. The van der Waals surface area contributed by atoms with Gasteiger partial charge in [0.15, 0.2) is 0 Å². The van der Waals surface area contributed by atoms with Crippen LogP contribution >= 0.6 is 0 Å². The van der Waals surface area contributed by atoms with Crippen LogP contribution in [0.5, 0.6) is 0 Å². The molecule has 0 saturated carbocycles. The van der Waals surface area contributed by atoms with E-state index in [-0.39, 0.29) is 6.42 Å². The molecular formula is C11H20O2. The molecule has 0 saturated heterocycles. The maximum atomic E-state index is 10.1. The molecule has 1 N–H and O–H groups in total. The van der Waals surface area contributed by atoms with Crippen molar-refractivity contribution in [2.75, 3.05) is 0 Å². The van der Waals surface area contributed by atoms with Gasteiger partial charge in [-0.3, -0.25) is 4.79 Å². The number of hydrogen-bond donors (Lipinski definition) is 1. The number of aliphatic carboxylic acids is 1. The highest BCUT2D eigenvalue weighted by molar-refractivity contribution is 5.68. The van der Waals surface area contributed by atoms with Gasteiger partial charge in [-0.1, -0.05) is 32.9 Å². The Morgan fingerprint density at radius 1 is 1.31 bits per heavy atom. The highest BCUT2D eigenvalue weighted by Crippen LogP contribution is 2.21. The first-order valence-corrected chi connectivity index (χ1v) is 4.78. The fourth-order valence-electron chi connectivity index (χ4n) is 1.05. The van der Waals surface area contributed by atoms with Crippen LogP contribution in [0.1, 0.15) is 46.5 Å². The Morgan fingerprint density at radius 3 is 2.38 bits per heavy atom. The number of carboxylic acid groups (broad SMARTS) is 1. The lowest BCUT2D eigenvalue weighted by Gasteiger charge is -2.16. The zero-order valence-corrected chi connectivity index (χ0v) is 8.84. The van der Waals surface area contributed by atoms with Crippen LogP contribution in [0.3, 0.4) is 0 Å². The second-order valence-electron chi connectivity index (χ2n) is 4.52. The number of unbranched alkanes of at least 4 members (excludes halogenated alkanes) is 1. The van der Waals surface area contributed by atoms with Gasteiger partial charge in [0.25, 0.3) is 0 Å². The molecular weight excluding hydrogens is 164 g/mol. The Kier molecular flexibility index (Phi) is 5.44. The zero-order chi connectivity index (χ0) is 10.3. The normalized spacial score (nSPS) is 12.2. The first kappa shape index (κ1) is 12.2. The van der Waals surface area contributed by atoms with Crippen molar-refractivity contribution in [3.63, 3.8) is 0 Å². The van der Waals surface area contributed by atoms with Crippen LogP contribution in [0.25, 0.3) is 0 Å². The third-order valence-corrected chi connectivity index (χ3v) is 1.76. The van der Waals surface area contributed by atoms with Crippen LogP contribution in [0.4, 0.5) is 0 Å². The molecule has 0 fully saturated rings. The largest absolute Gasteiger partial charge is 0.481 e. The third-order valence-electron chi connectivity index (χ3n) is 1.76. The van der Waals surface area contributed by atoms with Gasteiger partial charge < -0.3 is 5.11 Å². The van der Waals surface area contributed by atoms with Gasteiger partial charge >= 0.3 is 5.97 Å². The Bertz CT molecular complexity index is 175. The lowest BCUT2D eigenvalue weighted by Crippen LogP contribution is -2.03. The minimum absolute atomic E-state index is 0.148. The number of carboxylic acids is 1. The first-order chi connectivity index (χ1) is 5.92. The van der Waals surface area contributed by atoms with Crippen molar-refractivity contribution < 1.29 is 9.90 Å². The molecule has 76 valence electrons. The van der Waals surface area contributed by atoms with E-state index in [1.54, 1.807) is 6.08 Å². The molecule has 2 nitrogen and oxygen atoms in total. The Labute approximate surface area is 80.7 Å². The molecule has 2 heteroatoms. The van der Waals surface area contributed by atoms with Crippen molar-refractivity contribution in [1.29, 1.82) is 0 Å². The maximum absolute atomic E-state index is 10.1. The molecule has 0 amide bonds. The van der Waals surface area contributed by atoms with Crippen molar-refractivity contribution in [2.24, 2.45) is 5.41 Å². The number of allylic oxidation sites excluding steroid dienone is 1. The summed E-state index contributed by atoms with van der Waals surface area (Å²) in [6.07, 6.45) is 7.15. The summed E-state index contributed by atoms with van der Waals surface area (Å²) >= 11 is 0. The topological polar surface area (TPSA) is 37.3 Å². The fourth-order valence-corrected chi connectivity index (χ4v) is 1.05. The molecule has 0 spiro atoms. The summed E-state index contributed by atoms with van der Waals surface area (Å²) in [4.78, 5) is 10.1. The smallest absolute Gasteiger partial charge is 0.307 e. The van der Waals surface area contributed by atoms with E-state index in [9.17, 15) is 4.79 Å². The van der Waals surface area contributed by atoms with Gasteiger partial charge in [-0.25, -0.2) is 0 Å². The number of carbonyl (C=O) groups is 1. The molecule has 0 aromatic rings. The maximum Gasteiger partial charge on any atom is 0.307 e. The van der Waals surface area contributed by atoms with Gasteiger partial charge in [0.1, 0.15) is 0 Å².